The molecule has 0 fully saturated rings. The Hall–Kier alpha value is -3.93. The molecule has 0 spiro atoms. The molecule has 0 atom stereocenters. The summed E-state index contributed by atoms with van der Waals surface area (Å²) in [5.74, 6) is 4.71. The number of hydrogen-bond donors (Lipinski definition) is 0. The van der Waals surface area contributed by atoms with Crippen LogP contribution in [0.5, 0.6) is 17.2 Å². The lowest BCUT2D eigenvalue weighted by Crippen LogP contribution is -2.09. The fraction of sp³-hybridized carbons (Fsp3) is 0.222. The highest BCUT2D eigenvalue weighted by atomic mass is 16.5. The predicted molar refractivity (Wildman–Crippen MR) is 127 cm³/mol. The third-order valence-corrected chi connectivity index (χ3v) is 5.31. The molecule has 0 aliphatic carbocycles. The lowest BCUT2D eigenvalue weighted by molar-refractivity contribution is 0.414. The van der Waals surface area contributed by atoms with E-state index in [9.17, 15) is 0 Å². The summed E-state index contributed by atoms with van der Waals surface area (Å²) in [5, 5.41) is 0. The van der Waals surface area contributed by atoms with Crippen molar-refractivity contribution in [1.82, 2.24) is 15.0 Å². The smallest absolute Gasteiger partial charge is 0.137 e. The van der Waals surface area contributed by atoms with Crippen LogP contribution in [0.3, 0.4) is 0 Å². The third-order valence-electron chi connectivity index (χ3n) is 5.31. The molecule has 6 heteroatoms. The fourth-order valence-corrected chi connectivity index (χ4v) is 3.58. The normalized spacial score (nSPS) is 10.6. The van der Waals surface area contributed by atoms with E-state index in [-0.39, 0.29) is 0 Å². The number of methoxy groups -OCH3 is 3. The van der Waals surface area contributed by atoms with Crippen LogP contribution in [0.25, 0.3) is 0 Å². The van der Waals surface area contributed by atoms with Crippen LogP contribution < -0.4 is 14.2 Å². The van der Waals surface area contributed by atoms with Crippen molar-refractivity contribution >= 4 is 0 Å². The molecular formula is C27H27N3O3. The van der Waals surface area contributed by atoms with Crippen LogP contribution in [0.4, 0.5) is 0 Å². The van der Waals surface area contributed by atoms with Crippen LogP contribution in [-0.4, -0.2) is 36.3 Å². The van der Waals surface area contributed by atoms with E-state index in [0.29, 0.717) is 19.3 Å². The van der Waals surface area contributed by atoms with Crippen LogP contribution in [-0.2, 0) is 19.3 Å². The van der Waals surface area contributed by atoms with Gasteiger partial charge in [-0.3, -0.25) is 0 Å². The van der Waals surface area contributed by atoms with E-state index in [2.05, 4.69) is 6.07 Å². The van der Waals surface area contributed by atoms with Gasteiger partial charge in [0.25, 0.3) is 0 Å². The summed E-state index contributed by atoms with van der Waals surface area (Å²) in [6, 6.07) is 23.9. The Morgan fingerprint density at radius 2 is 0.909 bits per heavy atom. The Kier molecular flexibility index (Phi) is 7.15. The summed E-state index contributed by atoms with van der Waals surface area (Å²) in [5.41, 5.74) is 3.32. The molecule has 1 heterocycles. The summed E-state index contributed by atoms with van der Waals surface area (Å²) >= 11 is 0. The molecule has 0 aliphatic rings. The molecule has 4 aromatic rings. The first-order chi connectivity index (χ1) is 16.1. The molecule has 0 bridgehead atoms. The van der Waals surface area contributed by atoms with Gasteiger partial charge >= 0.3 is 0 Å². The van der Waals surface area contributed by atoms with Gasteiger partial charge in [-0.15, -0.1) is 0 Å². The summed E-state index contributed by atoms with van der Waals surface area (Å²) in [7, 11) is 5.00. The minimum atomic E-state index is 0.602. The van der Waals surface area contributed by atoms with Gasteiger partial charge < -0.3 is 14.2 Å². The Morgan fingerprint density at radius 3 is 1.33 bits per heavy atom. The van der Waals surface area contributed by atoms with Gasteiger partial charge in [0.2, 0.25) is 0 Å². The van der Waals surface area contributed by atoms with Gasteiger partial charge in [0, 0.05) is 19.3 Å². The van der Waals surface area contributed by atoms with Gasteiger partial charge in [-0.25, -0.2) is 15.0 Å². The first kappa shape index (κ1) is 22.3. The maximum absolute atomic E-state index is 5.36. The molecular weight excluding hydrogens is 414 g/mol. The Bertz CT molecular complexity index is 1120. The van der Waals surface area contributed by atoms with Gasteiger partial charge in [0.05, 0.1) is 21.3 Å². The van der Waals surface area contributed by atoms with Gasteiger partial charge in [-0.1, -0.05) is 36.4 Å². The minimum Gasteiger partial charge on any atom is -0.497 e. The van der Waals surface area contributed by atoms with Crippen LogP contribution in [0.1, 0.15) is 34.2 Å². The van der Waals surface area contributed by atoms with Crippen LogP contribution in [0.2, 0.25) is 0 Å². The Morgan fingerprint density at radius 1 is 0.485 bits per heavy atom. The summed E-state index contributed by atoms with van der Waals surface area (Å²) < 4.78 is 15.9. The number of ether oxygens (including phenoxy) is 3. The van der Waals surface area contributed by atoms with E-state index in [1.165, 1.54) is 0 Å². The van der Waals surface area contributed by atoms with E-state index >= 15 is 0 Å². The second-order valence-electron chi connectivity index (χ2n) is 7.66. The van der Waals surface area contributed by atoms with Gasteiger partial charge in [0.15, 0.2) is 0 Å². The van der Waals surface area contributed by atoms with E-state index in [1.807, 2.05) is 66.7 Å². The zero-order valence-corrected chi connectivity index (χ0v) is 19.1. The first-order valence-electron chi connectivity index (χ1n) is 10.8. The largest absolute Gasteiger partial charge is 0.497 e. The van der Waals surface area contributed by atoms with E-state index in [0.717, 1.165) is 51.4 Å². The summed E-state index contributed by atoms with van der Waals surface area (Å²) in [6.07, 6.45) is 1.84. The molecule has 33 heavy (non-hydrogen) atoms. The summed E-state index contributed by atoms with van der Waals surface area (Å²) in [6.45, 7) is 0. The van der Waals surface area contributed by atoms with Crippen molar-refractivity contribution in [2.24, 2.45) is 0 Å². The molecule has 1 aromatic heterocycles. The minimum absolute atomic E-state index is 0.602. The first-order valence-corrected chi connectivity index (χ1v) is 10.8. The quantitative estimate of drug-likeness (QED) is 0.376. The molecule has 6 nitrogen and oxygen atoms in total. The topological polar surface area (TPSA) is 66.4 Å². The molecule has 4 rings (SSSR count). The van der Waals surface area contributed by atoms with Crippen LogP contribution >= 0.6 is 0 Å². The fourth-order valence-electron chi connectivity index (χ4n) is 3.58. The van der Waals surface area contributed by atoms with E-state index in [4.69, 9.17) is 29.2 Å². The van der Waals surface area contributed by atoms with Crippen LogP contribution in [0.15, 0.2) is 72.8 Å². The zero-order chi connectivity index (χ0) is 23.0. The van der Waals surface area contributed by atoms with Crippen molar-refractivity contribution in [2.75, 3.05) is 21.3 Å². The molecule has 0 amide bonds. The van der Waals surface area contributed by atoms with Gasteiger partial charge in [-0.2, -0.15) is 0 Å². The van der Waals surface area contributed by atoms with Crippen molar-refractivity contribution in [1.29, 1.82) is 0 Å². The van der Waals surface area contributed by atoms with Crippen molar-refractivity contribution in [3.05, 3.63) is 107 Å². The van der Waals surface area contributed by atoms with Crippen molar-refractivity contribution in [3.8, 4) is 17.2 Å². The highest BCUT2D eigenvalue weighted by Crippen LogP contribution is 2.18. The molecule has 0 saturated heterocycles. The number of aromatic nitrogens is 3. The number of hydrogen-bond acceptors (Lipinski definition) is 6. The second kappa shape index (κ2) is 10.6. The molecule has 0 unspecified atom stereocenters. The monoisotopic (exact) mass is 441 g/mol. The predicted octanol–water partition coefficient (Wildman–Crippen LogP) is 4.67. The lowest BCUT2D eigenvalue weighted by atomic mass is 10.1. The number of benzene rings is 3. The molecule has 168 valence electrons. The zero-order valence-electron chi connectivity index (χ0n) is 19.1. The maximum Gasteiger partial charge on any atom is 0.137 e. The molecule has 0 N–H and O–H groups in total. The Balaban J connectivity index is 1.63. The van der Waals surface area contributed by atoms with Crippen molar-refractivity contribution < 1.29 is 14.2 Å². The molecule has 0 saturated carbocycles. The van der Waals surface area contributed by atoms with E-state index in [1.54, 1.807) is 21.3 Å². The SMILES string of the molecule is COc1ccc(Cc2nc(Cc3ccc(OC)cc3)nc(Cc3cccc(OC)c3)n2)cc1. The Labute approximate surface area is 194 Å². The maximum atomic E-state index is 5.36. The summed E-state index contributed by atoms with van der Waals surface area (Å²) in [4.78, 5) is 14.3. The van der Waals surface area contributed by atoms with E-state index < -0.39 is 0 Å². The standard InChI is InChI=1S/C27H27N3O3/c1-31-22-11-7-19(8-12-22)16-25-28-26(17-20-9-13-23(32-2)14-10-20)30-27(29-25)18-21-5-4-6-24(15-21)33-3/h4-15H,16-18H2,1-3H3. The van der Waals surface area contributed by atoms with Crippen LogP contribution in [0, 0.1) is 0 Å². The highest BCUT2D eigenvalue weighted by molar-refractivity contribution is 5.32. The third kappa shape index (κ3) is 6.07. The highest BCUT2D eigenvalue weighted by Gasteiger charge is 2.10. The molecule has 0 radical (unpaired) electrons. The van der Waals surface area contributed by atoms with Gasteiger partial charge in [0.1, 0.15) is 34.7 Å². The average Bonchev–Trinajstić information content (AvgIpc) is 2.85. The lowest BCUT2D eigenvalue weighted by Gasteiger charge is -2.10. The van der Waals surface area contributed by atoms with Crippen molar-refractivity contribution in [3.63, 3.8) is 0 Å². The van der Waals surface area contributed by atoms with Crippen molar-refractivity contribution in [2.45, 2.75) is 19.3 Å². The number of nitrogens with zero attached hydrogens (tertiary/aromatic N) is 3. The second-order valence-corrected chi connectivity index (χ2v) is 7.66. The van der Waals surface area contributed by atoms with Gasteiger partial charge in [-0.05, 0) is 53.1 Å². The molecule has 0 aliphatic heterocycles. The average molecular weight is 442 g/mol. The molecule has 3 aromatic carbocycles. The number of rotatable bonds is 9.